The summed E-state index contributed by atoms with van der Waals surface area (Å²) in [5, 5.41) is 4.26. The number of aromatic amines is 2. The number of nitrogens with zero attached hydrogens (tertiary/aromatic N) is 3. The fourth-order valence-corrected chi connectivity index (χ4v) is 4.13. The van der Waals surface area contributed by atoms with Crippen LogP contribution < -0.4 is 10.9 Å². The summed E-state index contributed by atoms with van der Waals surface area (Å²) < 4.78 is 0. The predicted octanol–water partition coefficient (Wildman–Crippen LogP) is 3.68. The van der Waals surface area contributed by atoms with E-state index < -0.39 is 0 Å². The first-order chi connectivity index (χ1) is 14.7. The number of para-hydroxylation sites is 1. The molecule has 0 aliphatic rings. The van der Waals surface area contributed by atoms with Gasteiger partial charge in [-0.3, -0.25) is 14.8 Å². The van der Waals surface area contributed by atoms with Gasteiger partial charge in [0.15, 0.2) is 0 Å². The standard InChI is InChI=1S/C22H24N6OS/c1-15-20(27-14-26-15)13-30-8-4-7-23-22-25-12-18(21(29)28-22)10-16-9-17-5-2-3-6-19(17)24-11-16/h2-3,5-6,9,11-12,14H,4,7-8,10,13H2,1H3,(H,26,27)(H2,23,25,28,29). The maximum atomic E-state index is 12.4. The molecular formula is C22H24N6OS. The Labute approximate surface area is 178 Å². The molecule has 3 N–H and O–H groups in total. The van der Waals surface area contributed by atoms with Gasteiger partial charge in [-0.15, -0.1) is 0 Å². The molecule has 30 heavy (non-hydrogen) atoms. The van der Waals surface area contributed by atoms with Crippen LogP contribution in [0.1, 0.15) is 28.9 Å². The van der Waals surface area contributed by atoms with E-state index in [9.17, 15) is 4.79 Å². The largest absolute Gasteiger partial charge is 0.356 e. The number of benzene rings is 1. The molecule has 8 heteroatoms. The Morgan fingerprint density at radius 3 is 2.87 bits per heavy atom. The van der Waals surface area contributed by atoms with Crippen LogP contribution in [0.15, 0.2) is 53.8 Å². The zero-order valence-corrected chi connectivity index (χ0v) is 17.6. The highest BCUT2D eigenvalue weighted by Gasteiger charge is 2.06. The molecule has 4 aromatic rings. The van der Waals surface area contributed by atoms with Crippen LogP contribution in [0, 0.1) is 6.92 Å². The van der Waals surface area contributed by atoms with Crippen LogP contribution in [0.4, 0.5) is 5.95 Å². The van der Waals surface area contributed by atoms with E-state index in [-0.39, 0.29) is 5.56 Å². The van der Waals surface area contributed by atoms with Gasteiger partial charge in [0, 0.05) is 47.8 Å². The van der Waals surface area contributed by atoms with Gasteiger partial charge < -0.3 is 10.3 Å². The fourth-order valence-electron chi connectivity index (χ4n) is 3.15. The number of fused-ring (bicyclic) bond motifs is 1. The topological polar surface area (TPSA) is 99.3 Å². The lowest BCUT2D eigenvalue weighted by Crippen LogP contribution is -2.17. The molecule has 0 amide bonds. The van der Waals surface area contributed by atoms with E-state index in [1.165, 1.54) is 0 Å². The fraction of sp³-hybridized carbons (Fsp3) is 0.273. The third-order valence-electron chi connectivity index (χ3n) is 4.85. The van der Waals surface area contributed by atoms with Crippen molar-refractivity contribution in [1.29, 1.82) is 0 Å². The summed E-state index contributed by atoms with van der Waals surface area (Å²) in [5.41, 5.74) is 4.68. The van der Waals surface area contributed by atoms with Crippen molar-refractivity contribution in [3.63, 3.8) is 0 Å². The molecule has 0 aliphatic carbocycles. The van der Waals surface area contributed by atoms with Crippen molar-refractivity contribution in [1.82, 2.24) is 24.9 Å². The molecule has 1 aromatic carbocycles. The first kappa shape index (κ1) is 20.2. The number of aromatic nitrogens is 5. The molecule has 0 unspecified atom stereocenters. The third-order valence-corrected chi connectivity index (χ3v) is 5.90. The van der Waals surface area contributed by atoms with Crippen LogP contribution in [-0.4, -0.2) is 37.2 Å². The lowest BCUT2D eigenvalue weighted by molar-refractivity contribution is 0.942. The van der Waals surface area contributed by atoms with Crippen LogP contribution in [-0.2, 0) is 12.2 Å². The molecule has 0 fully saturated rings. The van der Waals surface area contributed by atoms with Crippen LogP contribution >= 0.6 is 11.8 Å². The van der Waals surface area contributed by atoms with Crippen molar-refractivity contribution in [3.8, 4) is 0 Å². The molecule has 0 bridgehead atoms. The number of imidazole rings is 1. The third kappa shape index (κ3) is 5.07. The van der Waals surface area contributed by atoms with E-state index >= 15 is 0 Å². The second-order valence-electron chi connectivity index (χ2n) is 7.11. The molecule has 7 nitrogen and oxygen atoms in total. The summed E-state index contributed by atoms with van der Waals surface area (Å²) in [6, 6.07) is 10.0. The molecular weight excluding hydrogens is 396 g/mol. The molecule has 154 valence electrons. The Hall–Kier alpha value is -3.13. The number of H-pyrrole nitrogens is 2. The van der Waals surface area contributed by atoms with E-state index in [1.54, 1.807) is 12.5 Å². The summed E-state index contributed by atoms with van der Waals surface area (Å²) in [7, 11) is 0. The highest BCUT2D eigenvalue weighted by Crippen LogP contribution is 2.15. The summed E-state index contributed by atoms with van der Waals surface area (Å²) in [4.78, 5) is 31.5. The Bertz CT molecular complexity index is 1190. The summed E-state index contributed by atoms with van der Waals surface area (Å²) in [6.45, 7) is 2.79. The first-order valence-electron chi connectivity index (χ1n) is 9.91. The Balaban J connectivity index is 1.26. The van der Waals surface area contributed by atoms with Gasteiger partial charge in [0.2, 0.25) is 5.95 Å². The zero-order chi connectivity index (χ0) is 20.8. The van der Waals surface area contributed by atoms with E-state index in [0.717, 1.165) is 52.3 Å². The van der Waals surface area contributed by atoms with Crippen LogP contribution in [0.3, 0.4) is 0 Å². The van der Waals surface area contributed by atoms with E-state index in [1.807, 2.05) is 49.1 Å². The van der Waals surface area contributed by atoms with Crippen LogP contribution in [0.5, 0.6) is 0 Å². The van der Waals surface area contributed by atoms with Gasteiger partial charge in [-0.05, 0) is 36.8 Å². The Morgan fingerprint density at radius 2 is 2.03 bits per heavy atom. The average molecular weight is 421 g/mol. The number of pyridine rings is 1. The quantitative estimate of drug-likeness (QED) is 0.357. The summed E-state index contributed by atoms with van der Waals surface area (Å²) >= 11 is 1.85. The number of thioether (sulfide) groups is 1. The van der Waals surface area contributed by atoms with Gasteiger partial charge in [0.05, 0.1) is 17.5 Å². The highest BCUT2D eigenvalue weighted by atomic mass is 32.2. The molecule has 0 spiro atoms. The van der Waals surface area contributed by atoms with Crippen molar-refractivity contribution in [2.45, 2.75) is 25.5 Å². The van der Waals surface area contributed by atoms with E-state index in [4.69, 9.17) is 0 Å². The minimum absolute atomic E-state index is 0.121. The minimum Gasteiger partial charge on any atom is -0.356 e. The zero-order valence-electron chi connectivity index (χ0n) is 16.8. The average Bonchev–Trinajstić information content (AvgIpc) is 3.17. The smallest absolute Gasteiger partial charge is 0.255 e. The SMILES string of the molecule is Cc1[nH]cnc1CSCCCNc1ncc(Cc2cnc3ccccc3c2)c(=O)[nH]1. The first-order valence-corrected chi connectivity index (χ1v) is 11.1. The lowest BCUT2D eigenvalue weighted by atomic mass is 10.1. The van der Waals surface area contributed by atoms with Gasteiger partial charge in [-0.2, -0.15) is 11.8 Å². The monoisotopic (exact) mass is 420 g/mol. The number of rotatable bonds is 9. The van der Waals surface area contributed by atoms with Gasteiger partial charge in [0.25, 0.3) is 5.56 Å². The Kier molecular flexibility index (Phi) is 6.44. The molecule has 0 aliphatic heterocycles. The van der Waals surface area contributed by atoms with Gasteiger partial charge >= 0.3 is 0 Å². The van der Waals surface area contributed by atoms with Crippen LogP contribution in [0.25, 0.3) is 10.9 Å². The number of nitrogens with one attached hydrogen (secondary N) is 3. The second-order valence-corrected chi connectivity index (χ2v) is 8.21. The maximum Gasteiger partial charge on any atom is 0.255 e. The normalized spacial score (nSPS) is 11.1. The number of hydrogen-bond donors (Lipinski definition) is 3. The van der Waals surface area contributed by atoms with Crippen molar-refractivity contribution >= 4 is 28.6 Å². The van der Waals surface area contributed by atoms with Crippen molar-refractivity contribution in [2.24, 2.45) is 0 Å². The molecule has 0 saturated carbocycles. The van der Waals surface area contributed by atoms with Crippen molar-refractivity contribution < 1.29 is 0 Å². The Morgan fingerprint density at radius 1 is 1.13 bits per heavy atom. The van der Waals surface area contributed by atoms with Gasteiger partial charge in [-0.1, -0.05) is 18.2 Å². The second kappa shape index (κ2) is 9.58. The van der Waals surface area contributed by atoms with Crippen molar-refractivity contribution in [2.75, 3.05) is 17.6 Å². The van der Waals surface area contributed by atoms with Crippen molar-refractivity contribution in [3.05, 3.63) is 81.9 Å². The van der Waals surface area contributed by atoms with Gasteiger partial charge in [0.1, 0.15) is 0 Å². The molecule has 0 atom stereocenters. The van der Waals surface area contributed by atoms with Gasteiger partial charge in [-0.25, -0.2) is 9.97 Å². The highest BCUT2D eigenvalue weighted by molar-refractivity contribution is 7.98. The lowest BCUT2D eigenvalue weighted by Gasteiger charge is -2.07. The molecule has 3 aromatic heterocycles. The number of aryl methyl sites for hydroxylation is 1. The number of anilines is 1. The molecule has 0 radical (unpaired) electrons. The summed E-state index contributed by atoms with van der Waals surface area (Å²) in [6.07, 6.45) is 6.67. The van der Waals surface area contributed by atoms with E-state index in [0.29, 0.717) is 17.9 Å². The predicted molar refractivity (Wildman–Crippen MR) is 122 cm³/mol. The molecule has 4 rings (SSSR count). The number of hydrogen-bond acceptors (Lipinski definition) is 6. The molecule has 3 heterocycles. The van der Waals surface area contributed by atoms with E-state index in [2.05, 4.69) is 36.3 Å². The molecule has 0 saturated heterocycles. The summed E-state index contributed by atoms with van der Waals surface area (Å²) in [5.74, 6) is 2.42. The minimum atomic E-state index is -0.121. The van der Waals surface area contributed by atoms with Crippen LogP contribution in [0.2, 0.25) is 0 Å². The maximum absolute atomic E-state index is 12.4.